The van der Waals surface area contributed by atoms with Crippen LogP contribution in [0.15, 0.2) is 85.5 Å². The van der Waals surface area contributed by atoms with Crippen LogP contribution in [0.3, 0.4) is 0 Å². The van der Waals surface area contributed by atoms with Gasteiger partial charge in [0.15, 0.2) is 15.5 Å². The Labute approximate surface area is 199 Å². The third-order valence-corrected chi connectivity index (χ3v) is 6.38. The Morgan fingerprint density at radius 1 is 0.467 bits per heavy atom. The summed E-state index contributed by atoms with van der Waals surface area (Å²) in [4.78, 5) is 26.4. The molecule has 4 aromatic heterocycles. The van der Waals surface area contributed by atoms with E-state index in [2.05, 4.69) is 29.9 Å². The lowest BCUT2D eigenvalue weighted by atomic mass is 10.5. The smallest absolute Gasteiger partial charge is 0.198 e. The van der Waals surface area contributed by atoms with Crippen LogP contribution in [0, 0.1) is 0 Å². The standard InChI is InChI=1S/C18H9Cl3N6S3/c19-10-1-4-13(22-7-10)28-16-25-17(29-14-5-2-11(20)8-23-14)27-18(26-16)30-15-6-3-12(21)9-24-15/h1-9H. The molecule has 0 spiro atoms. The quantitative estimate of drug-likeness (QED) is 0.289. The van der Waals surface area contributed by atoms with E-state index in [0.29, 0.717) is 45.6 Å². The fourth-order valence-electron chi connectivity index (χ4n) is 2.01. The maximum Gasteiger partial charge on any atom is 0.198 e. The van der Waals surface area contributed by atoms with E-state index in [0.717, 1.165) is 0 Å². The lowest BCUT2D eigenvalue weighted by Gasteiger charge is -2.06. The van der Waals surface area contributed by atoms with Gasteiger partial charge in [-0.3, -0.25) is 0 Å². The van der Waals surface area contributed by atoms with Crippen molar-refractivity contribution in [3.63, 3.8) is 0 Å². The molecule has 0 aliphatic carbocycles. The van der Waals surface area contributed by atoms with E-state index in [4.69, 9.17) is 34.8 Å². The van der Waals surface area contributed by atoms with Crippen molar-refractivity contribution in [2.24, 2.45) is 0 Å². The zero-order chi connectivity index (χ0) is 20.9. The molecule has 0 unspecified atom stereocenters. The molecular formula is C18H9Cl3N6S3. The molecule has 6 nitrogen and oxygen atoms in total. The Hall–Kier alpha value is -1.62. The summed E-state index contributed by atoms with van der Waals surface area (Å²) in [5, 5.41) is 5.30. The molecule has 0 atom stereocenters. The number of rotatable bonds is 6. The van der Waals surface area contributed by atoms with Crippen molar-refractivity contribution in [3.05, 3.63) is 70.1 Å². The monoisotopic (exact) mass is 510 g/mol. The number of nitrogens with zero attached hydrogens (tertiary/aromatic N) is 6. The Balaban J connectivity index is 1.64. The average Bonchev–Trinajstić information content (AvgIpc) is 2.73. The molecule has 0 saturated carbocycles. The minimum atomic E-state index is 0.493. The Morgan fingerprint density at radius 2 is 0.767 bits per heavy atom. The molecular weight excluding hydrogens is 503 g/mol. The van der Waals surface area contributed by atoms with Crippen molar-refractivity contribution >= 4 is 70.1 Å². The summed E-state index contributed by atoms with van der Waals surface area (Å²) in [5.41, 5.74) is 0. The molecule has 0 aromatic carbocycles. The van der Waals surface area contributed by atoms with Crippen molar-refractivity contribution in [2.45, 2.75) is 30.5 Å². The fraction of sp³-hybridized carbons (Fsp3) is 0. The van der Waals surface area contributed by atoms with Crippen LogP contribution in [-0.4, -0.2) is 29.9 Å². The third-order valence-electron chi connectivity index (χ3n) is 3.26. The van der Waals surface area contributed by atoms with Gasteiger partial charge in [0.05, 0.1) is 15.1 Å². The molecule has 0 N–H and O–H groups in total. The second-order valence-corrected chi connectivity index (χ2v) is 9.71. The van der Waals surface area contributed by atoms with Crippen molar-refractivity contribution < 1.29 is 0 Å². The highest BCUT2D eigenvalue weighted by molar-refractivity contribution is 8.00. The van der Waals surface area contributed by atoms with Crippen LogP contribution in [0.4, 0.5) is 0 Å². The first-order chi connectivity index (χ1) is 14.5. The predicted molar refractivity (Wildman–Crippen MR) is 120 cm³/mol. The van der Waals surface area contributed by atoms with Crippen LogP contribution < -0.4 is 0 Å². The molecule has 12 heteroatoms. The summed E-state index contributed by atoms with van der Waals surface area (Å²) in [6.45, 7) is 0. The van der Waals surface area contributed by atoms with Gasteiger partial charge in [0.2, 0.25) is 0 Å². The highest BCUT2D eigenvalue weighted by Crippen LogP contribution is 2.32. The number of pyridine rings is 3. The molecule has 0 amide bonds. The summed E-state index contributed by atoms with van der Waals surface area (Å²) in [6.07, 6.45) is 4.73. The maximum absolute atomic E-state index is 5.92. The largest absolute Gasteiger partial charge is 0.248 e. The van der Waals surface area contributed by atoms with E-state index in [1.165, 1.54) is 35.3 Å². The van der Waals surface area contributed by atoms with E-state index in [1.54, 1.807) is 55.0 Å². The second kappa shape index (κ2) is 10.1. The zero-order valence-electron chi connectivity index (χ0n) is 14.7. The minimum Gasteiger partial charge on any atom is -0.248 e. The van der Waals surface area contributed by atoms with Crippen LogP contribution in [-0.2, 0) is 0 Å². The van der Waals surface area contributed by atoms with Gasteiger partial charge in [-0.15, -0.1) is 0 Å². The predicted octanol–water partition coefficient (Wildman–Crippen LogP) is 6.47. The number of aromatic nitrogens is 6. The lowest BCUT2D eigenvalue weighted by Crippen LogP contribution is -1.98. The fourth-order valence-corrected chi connectivity index (χ4v) is 4.59. The normalized spacial score (nSPS) is 10.9. The molecule has 150 valence electrons. The molecule has 4 heterocycles. The maximum atomic E-state index is 5.92. The van der Waals surface area contributed by atoms with Gasteiger partial charge in [0.1, 0.15) is 15.1 Å². The number of halogens is 3. The molecule has 4 aromatic rings. The molecule has 0 fully saturated rings. The molecule has 0 aliphatic heterocycles. The highest BCUT2D eigenvalue weighted by atomic mass is 35.5. The van der Waals surface area contributed by atoms with E-state index < -0.39 is 0 Å². The topological polar surface area (TPSA) is 77.3 Å². The van der Waals surface area contributed by atoms with Gasteiger partial charge < -0.3 is 0 Å². The molecule has 0 aliphatic rings. The Morgan fingerprint density at radius 3 is 1.00 bits per heavy atom. The van der Waals surface area contributed by atoms with Gasteiger partial charge in [-0.1, -0.05) is 34.8 Å². The van der Waals surface area contributed by atoms with Gasteiger partial charge in [0, 0.05) is 18.6 Å². The van der Waals surface area contributed by atoms with Gasteiger partial charge in [-0.25, -0.2) is 15.0 Å². The van der Waals surface area contributed by atoms with Gasteiger partial charge in [-0.2, -0.15) is 15.0 Å². The van der Waals surface area contributed by atoms with Crippen molar-refractivity contribution in [1.82, 2.24) is 29.9 Å². The molecule has 30 heavy (non-hydrogen) atoms. The first kappa shape index (κ1) is 21.6. The minimum absolute atomic E-state index is 0.493. The van der Waals surface area contributed by atoms with Gasteiger partial charge in [0.25, 0.3) is 0 Å². The van der Waals surface area contributed by atoms with E-state index >= 15 is 0 Å². The first-order valence-corrected chi connectivity index (χ1v) is 11.8. The first-order valence-electron chi connectivity index (χ1n) is 8.18. The van der Waals surface area contributed by atoms with Gasteiger partial charge in [-0.05, 0) is 71.7 Å². The summed E-state index contributed by atoms with van der Waals surface area (Å²) in [5.74, 6) is 0. The van der Waals surface area contributed by atoms with Crippen LogP contribution >= 0.6 is 70.1 Å². The Bertz CT molecular complexity index is 987. The highest BCUT2D eigenvalue weighted by Gasteiger charge is 2.13. The van der Waals surface area contributed by atoms with E-state index in [9.17, 15) is 0 Å². The summed E-state index contributed by atoms with van der Waals surface area (Å²) in [6, 6.07) is 10.7. The average molecular weight is 512 g/mol. The molecule has 0 radical (unpaired) electrons. The number of hydrogen-bond donors (Lipinski definition) is 0. The summed E-state index contributed by atoms with van der Waals surface area (Å²) >= 11 is 21.7. The lowest BCUT2D eigenvalue weighted by molar-refractivity contribution is 0.715. The Kier molecular flexibility index (Phi) is 7.29. The van der Waals surface area contributed by atoms with Crippen LogP contribution in [0.25, 0.3) is 0 Å². The van der Waals surface area contributed by atoms with Crippen LogP contribution in [0.1, 0.15) is 0 Å². The molecule has 4 rings (SSSR count). The van der Waals surface area contributed by atoms with E-state index in [-0.39, 0.29) is 0 Å². The SMILES string of the molecule is Clc1ccc(Sc2nc(Sc3ccc(Cl)cn3)nc(Sc3ccc(Cl)cn3)n2)nc1. The second-order valence-electron chi connectivity index (χ2n) is 5.43. The molecule has 0 saturated heterocycles. The zero-order valence-corrected chi connectivity index (χ0v) is 19.5. The van der Waals surface area contributed by atoms with Crippen molar-refractivity contribution in [2.75, 3.05) is 0 Å². The van der Waals surface area contributed by atoms with Crippen molar-refractivity contribution in [1.29, 1.82) is 0 Å². The van der Waals surface area contributed by atoms with Gasteiger partial charge >= 0.3 is 0 Å². The van der Waals surface area contributed by atoms with E-state index in [1.807, 2.05) is 0 Å². The molecule has 0 bridgehead atoms. The summed E-state index contributed by atoms with van der Waals surface area (Å²) in [7, 11) is 0. The van der Waals surface area contributed by atoms with Crippen molar-refractivity contribution in [3.8, 4) is 0 Å². The summed E-state index contributed by atoms with van der Waals surface area (Å²) < 4.78 is 0. The van der Waals surface area contributed by atoms with Crippen LogP contribution in [0.5, 0.6) is 0 Å². The third kappa shape index (κ3) is 6.19. The van der Waals surface area contributed by atoms with Crippen LogP contribution in [0.2, 0.25) is 15.1 Å². The number of hydrogen-bond acceptors (Lipinski definition) is 9.